The first-order valence-corrected chi connectivity index (χ1v) is 6.60. The van der Waals surface area contributed by atoms with Crippen molar-refractivity contribution in [3.05, 3.63) is 6.42 Å². The molecule has 0 atom stereocenters. The topological polar surface area (TPSA) is 44.5 Å². The highest BCUT2D eigenvalue weighted by molar-refractivity contribution is 4.76. The van der Waals surface area contributed by atoms with Crippen molar-refractivity contribution >= 4 is 0 Å². The summed E-state index contributed by atoms with van der Waals surface area (Å²) in [7, 11) is 0. The van der Waals surface area contributed by atoms with Gasteiger partial charge in [-0.1, -0.05) is 0 Å². The summed E-state index contributed by atoms with van der Waals surface area (Å²) in [5.74, 6) is 0.795. The maximum atomic E-state index is 5.66. The van der Waals surface area contributed by atoms with Gasteiger partial charge in [-0.15, -0.1) is 0 Å². The normalized spacial score (nSPS) is 17.8. The summed E-state index contributed by atoms with van der Waals surface area (Å²) in [6.45, 7) is 4.09. The van der Waals surface area contributed by atoms with E-state index in [4.69, 9.17) is 15.2 Å². The minimum atomic E-state index is 0.717. The maximum absolute atomic E-state index is 5.66. The molecule has 0 unspecified atom stereocenters. The highest BCUT2D eigenvalue weighted by Crippen LogP contribution is 2.22. The molecule has 0 saturated heterocycles. The smallest absolute Gasteiger partial charge is 0.0494 e. The van der Waals surface area contributed by atoms with E-state index < -0.39 is 0 Å². The van der Waals surface area contributed by atoms with Crippen LogP contribution in [0.25, 0.3) is 0 Å². The molecule has 0 aliphatic heterocycles. The van der Waals surface area contributed by atoms with Gasteiger partial charge in [0.05, 0.1) is 0 Å². The molecule has 1 fully saturated rings. The van der Waals surface area contributed by atoms with Crippen molar-refractivity contribution in [3.8, 4) is 0 Å². The molecule has 1 saturated carbocycles. The molecular weight excluding hydrogens is 202 g/mol. The average Bonchev–Trinajstić information content (AvgIpc) is 2.34. The van der Waals surface area contributed by atoms with Crippen LogP contribution in [0.1, 0.15) is 38.5 Å². The molecule has 0 bridgehead atoms. The second-order valence-corrected chi connectivity index (χ2v) is 4.49. The third-order valence-electron chi connectivity index (χ3n) is 2.98. The molecule has 3 nitrogen and oxygen atoms in total. The zero-order valence-electron chi connectivity index (χ0n) is 10.3. The van der Waals surface area contributed by atoms with Crippen LogP contribution < -0.4 is 5.73 Å². The van der Waals surface area contributed by atoms with E-state index in [9.17, 15) is 0 Å². The van der Waals surface area contributed by atoms with Gasteiger partial charge in [0.2, 0.25) is 0 Å². The average molecular weight is 228 g/mol. The SMILES string of the molecule is NCCCOCCCOCC1CC[CH]CC1. The summed E-state index contributed by atoms with van der Waals surface area (Å²) in [6.07, 6.45) is 9.52. The lowest BCUT2D eigenvalue weighted by Gasteiger charge is -2.21. The number of hydrogen-bond acceptors (Lipinski definition) is 3. The molecule has 0 aromatic heterocycles. The summed E-state index contributed by atoms with van der Waals surface area (Å²) in [5.41, 5.74) is 5.37. The Balaban J connectivity index is 1.77. The van der Waals surface area contributed by atoms with Crippen LogP contribution in [-0.4, -0.2) is 33.0 Å². The zero-order chi connectivity index (χ0) is 11.5. The molecular formula is C13H26NO2. The molecule has 0 amide bonds. The molecule has 16 heavy (non-hydrogen) atoms. The fourth-order valence-corrected chi connectivity index (χ4v) is 1.96. The minimum absolute atomic E-state index is 0.717. The summed E-state index contributed by atoms with van der Waals surface area (Å²) >= 11 is 0. The standard InChI is InChI=1S/C13H26NO2/c14-8-4-9-15-10-5-11-16-12-13-6-2-1-3-7-13/h1,13H,2-12,14H2. The van der Waals surface area contributed by atoms with Crippen molar-refractivity contribution in [2.45, 2.75) is 38.5 Å². The van der Waals surface area contributed by atoms with Crippen molar-refractivity contribution in [3.63, 3.8) is 0 Å². The molecule has 1 aliphatic carbocycles. The van der Waals surface area contributed by atoms with E-state index >= 15 is 0 Å². The van der Waals surface area contributed by atoms with Crippen LogP contribution in [0.15, 0.2) is 0 Å². The number of ether oxygens (including phenoxy) is 2. The Hall–Kier alpha value is -0.120. The van der Waals surface area contributed by atoms with Gasteiger partial charge >= 0.3 is 0 Å². The summed E-state index contributed by atoms with van der Waals surface area (Å²) in [4.78, 5) is 0. The van der Waals surface area contributed by atoms with Crippen molar-refractivity contribution in [1.82, 2.24) is 0 Å². The Kier molecular flexibility index (Phi) is 8.77. The maximum Gasteiger partial charge on any atom is 0.0494 e. The molecule has 0 aromatic rings. The van der Waals surface area contributed by atoms with Crippen molar-refractivity contribution < 1.29 is 9.47 Å². The fourth-order valence-electron chi connectivity index (χ4n) is 1.96. The Bertz CT molecular complexity index is 147. The quantitative estimate of drug-likeness (QED) is 0.615. The van der Waals surface area contributed by atoms with Crippen molar-refractivity contribution in [2.75, 3.05) is 33.0 Å². The minimum Gasteiger partial charge on any atom is -0.381 e. The van der Waals surface area contributed by atoms with Gasteiger partial charge in [-0.2, -0.15) is 0 Å². The lowest BCUT2D eigenvalue weighted by Crippen LogP contribution is -2.14. The van der Waals surface area contributed by atoms with E-state index in [0.717, 1.165) is 51.7 Å². The van der Waals surface area contributed by atoms with Crippen LogP contribution in [0.2, 0.25) is 0 Å². The van der Waals surface area contributed by atoms with Crippen LogP contribution in [0.3, 0.4) is 0 Å². The van der Waals surface area contributed by atoms with E-state index in [1.165, 1.54) is 25.7 Å². The molecule has 1 radical (unpaired) electrons. The van der Waals surface area contributed by atoms with E-state index in [1.54, 1.807) is 0 Å². The molecule has 1 rings (SSSR count). The number of hydrogen-bond donors (Lipinski definition) is 1. The van der Waals surface area contributed by atoms with Crippen LogP contribution in [0.5, 0.6) is 0 Å². The molecule has 1 aliphatic rings. The molecule has 0 heterocycles. The largest absolute Gasteiger partial charge is 0.381 e. The highest BCUT2D eigenvalue weighted by Gasteiger charge is 2.12. The van der Waals surface area contributed by atoms with Crippen LogP contribution in [0, 0.1) is 12.3 Å². The van der Waals surface area contributed by atoms with E-state index in [0.29, 0.717) is 0 Å². The molecule has 2 N–H and O–H groups in total. The van der Waals surface area contributed by atoms with Crippen LogP contribution in [-0.2, 0) is 9.47 Å². The van der Waals surface area contributed by atoms with Gasteiger partial charge in [-0.25, -0.2) is 0 Å². The summed E-state index contributed by atoms with van der Waals surface area (Å²) < 4.78 is 11.1. The monoisotopic (exact) mass is 228 g/mol. The van der Waals surface area contributed by atoms with Gasteiger partial charge in [-0.3, -0.25) is 0 Å². The first kappa shape index (κ1) is 13.9. The van der Waals surface area contributed by atoms with Crippen molar-refractivity contribution in [1.29, 1.82) is 0 Å². The Morgan fingerprint density at radius 1 is 1.00 bits per heavy atom. The van der Waals surface area contributed by atoms with E-state index in [1.807, 2.05) is 0 Å². The highest BCUT2D eigenvalue weighted by atomic mass is 16.5. The molecule has 95 valence electrons. The van der Waals surface area contributed by atoms with E-state index in [-0.39, 0.29) is 0 Å². The third kappa shape index (κ3) is 7.20. The predicted molar refractivity (Wildman–Crippen MR) is 66.2 cm³/mol. The van der Waals surface area contributed by atoms with Crippen LogP contribution in [0.4, 0.5) is 0 Å². The van der Waals surface area contributed by atoms with Gasteiger partial charge in [0.25, 0.3) is 0 Å². The van der Waals surface area contributed by atoms with Gasteiger partial charge in [-0.05, 0) is 57.4 Å². The predicted octanol–water partition coefficient (Wildman–Crippen LogP) is 2.15. The first-order valence-electron chi connectivity index (χ1n) is 6.60. The van der Waals surface area contributed by atoms with Gasteiger partial charge in [0, 0.05) is 26.4 Å². The summed E-state index contributed by atoms with van der Waals surface area (Å²) in [6, 6.07) is 0. The van der Waals surface area contributed by atoms with Crippen LogP contribution >= 0.6 is 0 Å². The Labute approximate surface area is 99.7 Å². The zero-order valence-corrected chi connectivity index (χ0v) is 10.3. The lowest BCUT2D eigenvalue weighted by atomic mass is 9.90. The molecule has 0 spiro atoms. The van der Waals surface area contributed by atoms with E-state index in [2.05, 4.69) is 6.42 Å². The molecule has 0 aromatic carbocycles. The van der Waals surface area contributed by atoms with Gasteiger partial charge in [0.1, 0.15) is 0 Å². The van der Waals surface area contributed by atoms with Gasteiger partial charge < -0.3 is 15.2 Å². The lowest BCUT2D eigenvalue weighted by molar-refractivity contribution is 0.0604. The summed E-state index contributed by atoms with van der Waals surface area (Å²) in [5, 5.41) is 0. The number of rotatable bonds is 9. The fraction of sp³-hybridized carbons (Fsp3) is 0.923. The Morgan fingerprint density at radius 2 is 1.69 bits per heavy atom. The second-order valence-electron chi connectivity index (χ2n) is 4.49. The van der Waals surface area contributed by atoms with Gasteiger partial charge in [0.15, 0.2) is 0 Å². The first-order chi connectivity index (χ1) is 7.93. The molecule has 3 heteroatoms. The Morgan fingerprint density at radius 3 is 2.44 bits per heavy atom. The number of nitrogens with two attached hydrogens (primary N) is 1. The second kappa shape index (κ2) is 10.1. The third-order valence-corrected chi connectivity index (χ3v) is 2.98. The van der Waals surface area contributed by atoms with Crippen molar-refractivity contribution in [2.24, 2.45) is 11.7 Å².